The summed E-state index contributed by atoms with van der Waals surface area (Å²) in [6.45, 7) is 1.76. The van der Waals surface area contributed by atoms with Gasteiger partial charge in [0.15, 0.2) is 9.84 Å². The molecule has 1 N–H and O–H groups in total. The van der Waals surface area contributed by atoms with Crippen molar-refractivity contribution >= 4 is 21.4 Å². The Hall–Kier alpha value is -2.74. The van der Waals surface area contributed by atoms with Crippen LogP contribution in [0.5, 0.6) is 0 Å². The second-order valence-corrected chi connectivity index (χ2v) is 7.36. The molecule has 2 rings (SSSR count). The summed E-state index contributed by atoms with van der Waals surface area (Å²) in [6.07, 6.45) is 1.13. The van der Waals surface area contributed by atoms with E-state index >= 15 is 0 Å². The van der Waals surface area contributed by atoms with E-state index in [2.05, 4.69) is 5.32 Å². The summed E-state index contributed by atoms with van der Waals surface area (Å²) in [5.41, 5.74) is 0.967. The Morgan fingerprint density at radius 1 is 1.08 bits per heavy atom. The first-order valence-electron chi connectivity index (χ1n) is 7.04. The van der Waals surface area contributed by atoms with E-state index in [1.54, 1.807) is 19.1 Å². The number of nitrogens with zero attached hydrogens (tertiary/aromatic N) is 1. The third kappa shape index (κ3) is 4.17. The smallest absolute Gasteiger partial charge is 0.269 e. The van der Waals surface area contributed by atoms with Crippen molar-refractivity contribution in [2.45, 2.75) is 17.9 Å². The first-order chi connectivity index (χ1) is 11.2. The van der Waals surface area contributed by atoms with Crippen LogP contribution < -0.4 is 5.32 Å². The minimum atomic E-state index is -3.26. The second kappa shape index (κ2) is 6.79. The van der Waals surface area contributed by atoms with E-state index in [0.29, 0.717) is 5.56 Å². The number of hydrogen-bond donors (Lipinski definition) is 1. The Labute approximate surface area is 139 Å². The molecule has 1 atom stereocenters. The summed E-state index contributed by atoms with van der Waals surface area (Å²) in [4.78, 5) is 22.4. The standard InChI is InChI=1S/C16H16N2O5S/c1-11(12-5-9-15(10-6-12)24(2,22)23)17-16(19)13-3-7-14(8-4-13)18(20)21/h3-11H,1-2H3,(H,17,19). The number of carbonyl (C=O) groups excluding carboxylic acids is 1. The minimum absolute atomic E-state index is 0.0871. The van der Waals surface area contributed by atoms with Crippen molar-refractivity contribution in [2.24, 2.45) is 0 Å². The zero-order valence-corrected chi connectivity index (χ0v) is 13.9. The highest BCUT2D eigenvalue weighted by molar-refractivity contribution is 7.90. The average molecular weight is 348 g/mol. The molecule has 126 valence electrons. The van der Waals surface area contributed by atoms with Gasteiger partial charge < -0.3 is 5.32 Å². The molecule has 0 saturated heterocycles. The lowest BCUT2D eigenvalue weighted by atomic mass is 10.1. The van der Waals surface area contributed by atoms with Crippen LogP contribution in [0.25, 0.3) is 0 Å². The Morgan fingerprint density at radius 3 is 2.08 bits per heavy atom. The van der Waals surface area contributed by atoms with Gasteiger partial charge >= 0.3 is 0 Å². The molecule has 1 amide bonds. The van der Waals surface area contributed by atoms with Gasteiger partial charge in [0, 0.05) is 24.0 Å². The highest BCUT2D eigenvalue weighted by atomic mass is 32.2. The molecule has 0 radical (unpaired) electrons. The number of carbonyl (C=O) groups is 1. The molecular formula is C16H16N2O5S. The molecule has 0 bridgehead atoms. The number of rotatable bonds is 5. The molecule has 1 unspecified atom stereocenters. The van der Waals surface area contributed by atoms with Crippen molar-refractivity contribution < 1.29 is 18.1 Å². The van der Waals surface area contributed by atoms with Gasteiger partial charge in [-0.1, -0.05) is 12.1 Å². The van der Waals surface area contributed by atoms with E-state index < -0.39 is 14.8 Å². The number of amides is 1. The van der Waals surface area contributed by atoms with Gasteiger partial charge in [-0.2, -0.15) is 0 Å². The predicted molar refractivity (Wildman–Crippen MR) is 88.5 cm³/mol. The molecule has 24 heavy (non-hydrogen) atoms. The predicted octanol–water partition coefficient (Wildman–Crippen LogP) is 2.49. The number of non-ortho nitro benzene ring substituents is 1. The van der Waals surface area contributed by atoms with Gasteiger partial charge in [-0.15, -0.1) is 0 Å². The third-order valence-electron chi connectivity index (χ3n) is 3.50. The largest absolute Gasteiger partial charge is 0.346 e. The molecule has 8 heteroatoms. The van der Waals surface area contributed by atoms with Gasteiger partial charge in [-0.3, -0.25) is 14.9 Å². The summed E-state index contributed by atoms with van der Waals surface area (Å²) in [5.74, 6) is -0.371. The lowest BCUT2D eigenvalue weighted by molar-refractivity contribution is -0.384. The molecule has 0 aliphatic carbocycles. The summed E-state index contributed by atoms with van der Waals surface area (Å²) >= 11 is 0. The SMILES string of the molecule is CC(NC(=O)c1ccc([N+](=O)[O-])cc1)c1ccc(S(C)(=O)=O)cc1. The fraction of sp³-hybridized carbons (Fsp3) is 0.188. The molecule has 7 nitrogen and oxygen atoms in total. The van der Waals surface area contributed by atoms with Crippen LogP contribution >= 0.6 is 0 Å². The van der Waals surface area contributed by atoms with E-state index in [-0.39, 0.29) is 22.5 Å². The zero-order chi connectivity index (χ0) is 17.9. The number of benzene rings is 2. The normalized spacial score (nSPS) is 12.4. The summed E-state index contributed by atoms with van der Waals surface area (Å²) < 4.78 is 22.9. The van der Waals surface area contributed by atoms with Gasteiger partial charge in [0.25, 0.3) is 11.6 Å². The second-order valence-electron chi connectivity index (χ2n) is 5.34. The van der Waals surface area contributed by atoms with Crippen LogP contribution in [0, 0.1) is 10.1 Å². The molecule has 0 aliphatic rings. The fourth-order valence-corrected chi connectivity index (χ4v) is 2.73. The first-order valence-corrected chi connectivity index (χ1v) is 8.93. The van der Waals surface area contributed by atoms with Crippen LogP contribution in [0.3, 0.4) is 0 Å². The van der Waals surface area contributed by atoms with Gasteiger partial charge in [-0.25, -0.2) is 8.42 Å². The Balaban J connectivity index is 2.09. The van der Waals surface area contributed by atoms with Crippen molar-refractivity contribution in [2.75, 3.05) is 6.26 Å². The average Bonchev–Trinajstić information content (AvgIpc) is 2.54. The van der Waals surface area contributed by atoms with E-state index in [1.165, 1.54) is 36.4 Å². The van der Waals surface area contributed by atoms with Crippen molar-refractivity contribution in [3.05, 3.63) is 69.8 Å². The molecule has 0 aromatic heterocycles. The number of nitrogens with one attached hydrogen (secondary N) is 1. The van der Waals surface area contributed by atoms with Crippen LogP contribution in [-0.2, 0) is 9.84 Å². The molecule has 0 fully saturated rings. The summed E-state index contributed by atoms with van der Waals surface area (Å²) in [7, 11) is -3.26. The van der Waals surface area contributed by atoms with Crippen molar-refractivity contribution in [3.8, 4) is 0 Å². The zero-order valence-electron chi connectivity index (χ0n) is 13.1. The third-order valence-corrected chi connectivity index (χ3v) is 4.62. The molecule has 0 heterocycles. The molecule has 0 spiro atoms. The molecule has 0 aliphatic heterocycles. The van der Waals surface area contributed by atoms with E-state index in [0.717, 1.165) is 11.8 Å². The lowest BCUT2D eigenvalue weighted by Gasteiger charge is -2.14. The Kier molecular flexibility index (Phi) is 4.99. The van der Waals surface area contributed by atoms with Crippen LogP contribution in [0.1, 0.15) is 28.9 Å². The summed E-state index contributed by atoms with van der Waals surface area (Å²) in [5, 5.41) is 13.4. The van der Waals surface area contributed by atoms with Gasteiger partial charge in [0.05, 0.1) is 15.9 Å². The van der Waals surface area contributed by atoms with Crippen molar-refractivity contribution in [3.63, 3.8) is 0 Å². The Bertz CT molecular complexity index is 858. The highest BCUT2D eigenvalue weighted by Gasteiger charge is 2.14. The monoisotopic (exact) mass is 348 g/mol. The molecule has 2 aromatic carbocycles. The number of nitro benzene ring substituents is 1. The van der Waals surface area contributed by atoms with E-state index in [4.69, 9.17) is 0 Å². The van der Waals surface area contributed by atoms with Crippen LogP contribution in [0.15, 0.2) is 53.4 Å². The molecule has 2 aromatic rings. The van der Waals surface area contributed by atoms with Gasteiger partial charge in [0.2, 0.25) is 0 Å². The maximum absolute atomic E-state index is 12.2. The van der Waals surface area contributed by atoms with Crippen LogP contribution in [-0.4, -0.2) is 25.5 Å². The quantitative estimate of drug-likeness (QED) is 0.660. The van der Waals surface area contributed by atoms with Crippen LogP contribution in [0.2, 0.25) is 0 Å². The summed E-state index contributed by atoms with van der Waals surface area (Å²) in [6, 6.07) is 11.2. The highest BCUT2D eigenvalue weighted by Crippen LogP contribution is 2.17. The number of nitro groups is 1. The minimum Gasteiger partial charge on any atom is -0.346 e. The van der Waals surface area contributed by atoms with E-state index in [1.807, 2.05) is 0 Å². The fourth-order valence-electron chi connectivity index (χ4n) is 2.10. The first kappa shape index (κ1) is 17.6. The number of hydrogen-bond acceptors (Lipinski definition) is 5. The number of sulfone groups is 1. The van der Waals surface area contributed by atoms with Crippen molar-refractivity contribution in [1.29, 1.82) is 0 Å². The van der Waals surface area contributed by atoms with Crippen molar-refractivity contribution in [1.82, 2.24) is 5.32 Å². The molecular weight excluding hydrogens is 332 g/mol. The maximum Gasteiger partial charge on any atom is 0.269 e. The van der Waals surface area contributed by atoms with E-state index in [9.17, 15) is 23.3 Å². The molecule has 0 saturated carbocycles. The Morgan fingerprint density at radius 2 is 1.62 bits per heavy atom. The topological polar surface area (TPSA) is 106 Å². The van der Waals surface area contributed by atoms with Crippen LogP contribution in [0.4, 0.5) is 5.69 Å². The lowest BCUT2D eigenvalue weighted by Crippen LogP contribution is -2.26. The van der Waals surface area contributed by atoms with Gasteiger partial charge in [-0.05, 0) is 36.8 Å². The van der Waals surface area contributed by atoms with Gasteiger partial charge in [0.1, 0.15) is 0 Å². The maximum atomic E-state index is 12.2.